The van der Waals surface area contributed by atoms with E-state index in [2.05, 4.69) is 22.2 Å². The number of hydrogen-bond acceptors (Lipinski definition) is 6. The average Bonchev–Trinajstić information content (AvgIpc) is 2.97. The first-order chi connectivity index (χ1) is 11.7. The lowest BCUT2D eigenvalue weighted by Crippen LogP contribution is -2.11. The predicted molar refractivity (Wildman–Crippen MR) is 99.4 cm³/mol. The second-order valence-corrected chi connectivity index (χ2v) is 7.17. The number of rotatable bonds is 6. The van der Waals surface area contributed by atoms with Gasteiger partial charge in [0.25, 0.3) is 5.91 Å². The molecule has 2 heterocycles. The number of nitrogens with zero attached hydrogens (tertiary/aromatic N) is 2. The standard InChI is InChI=1S/C17H17N3O2S2/c1-3-22-12-5-6-13-14(10-12)24-17(19-13)20-16(21)11-7-8-18-15(9-11)23-4-2/h5-10H,3-4H2,1-2H3,(H,19,20,21). The van der Waals surface area contributed by atoms with E-state index in [9.17, 15) is 4.79 Å². The molecule has 5 nitrogen and oxygen atoms in total. The van der Waals surface area contributed by atoms with E-state index in [0.717, 1.165) is 26.7 Å². The summed E-state index contributed by atoms with van der Waals surface area (Å²) in [4.78, 5) is 21.1. The molecule has 3 aromatic rings. The van der Waals surface area contributed by atoms with Crippen LogP contribution in [0.4, 0.5) is 5.13 Å². The van der Waals surface area contributed by atoms with Crippen LogP contribution in [-0.4, -0.2) is 28.2 Å². The highest BCUT2D eigenvalue weighted by atomic mass is 32.2. The van der Waals surface area contributed by atoms with Gasteiger partial charge in [-0.05, 0) is 43.0 Å². The molecule has 0 saturated carbocycles. The fraction of sp³-hybridized carbons (Fsp3) is 0.235. The maximum atomic E-state index is 12.4. The van der Waals surface area contributed by atoms with Gasteiger partial charge in [-0.15, -0.1) is 11.8 Å². The smallest absolute Gasteiger partial charge is 0.257 e. The first-order valence-corrected chi connectivity index (χ1v) is 9.43. The van der Waals surface area contributed by atoms with E-state index in [4.69, 9.17) is 4.74 Å². The Morgan fingerprint density at radius 2 is 2.17 bits per heavy atom. The first kappa shape index (κ1) is 16.7. The second kappa shape index (κ2) is 7.63. The molecule has 0 atom stereocenters. The average molecular weight is 359 g/mol. The molecule has 0 aliphatic heterocycles. The first-order valence-electron chi connectivity index (χ1n) is 7.63. The lowest BCUT2D eigenvalue weighted by molar-refractivity contribution is 0.102. The van der Waals surface area contributed by atoms with Crippen LogP contribution in [-0.2, 0) is 0 Å². The molecule has 0 saturated heterocycles. The number of carbonyl (C=O) groups excluding carboxylic acids is 1. The zero-order valence-electron chi connectivity index (χ0n) is 13.4. The van der Waals surface area contributed by atoms with Crippen LogP contribution in [0.5, 0.6) is 5.75 Å². The minimum atomic E-state index is -0.181. The van der Waals surface area contributed by atoms with Gasteiger partial charge in [-0.1, -0.05) is 18.3 Å². The summed E-state index contributed by atoms with van der Waals surface area (Å²) in [5.41, 5.74) is 1.42. The molecule has 24 heavy (non-hydrogen) atoms. The van der Waals surface area contributed by atoms with Crippen LogP contribution < -0.4 is 10.1 Å². The molecule has 3 rings (SSSR count). The Labute approximate surface area is 148 Å². The van der Waals surface area contributed by atoms with Crippen molar-refractivity contribution in [1.29, 1.82) is 0 Å². The summed E-state index contributed by atoms with van der Waals surface area (Å²) in [6.07, 6.45) is 1.65. The zero-order valence-corrected chi connectivity index (χ0v) is 15.0. The summed E-state index contributed by atoms with van der Waals surface area (Å²) in [6, 6.07) is 9.22. The Kier molecular flexibility index (Phi) is 5.32. The molecule has 1 N–H and O–H groups in total. The number of hydrogen-bond donors (Lipinski definition) is 1. The predicted octanol–water partition coefficient (Wildman–Crippen LogP) is 4.45. The Hall–Kier alpha value is -2.12. The highest BCUT2D eigenvalue weighted by Gasteiger charge is 2.11. The van der Waals surface area contributed by atoms with Gasteiger partial charge in [0.1, 0.15) is 5.75 Å². The minimum absolute atomic E-state index is 0.181. The van der Waals surface area contributed by atoms with Crippen LogP contribution in [0.25, 0.3) is 10.2 Å². The third-order valence-corrected chi connectivity index (χ3v) is 4.92. The Morgan fingerprint density at radius 3 is 2.96 bits per heavy atom. The van der Waals surface area contributed by atoms with Gasteiger partial charge in [0.2, 0.25) is 0 Å². The molecular formula is C17H17N3O2S2. The summed E-state index contributed by atoms with van der Waals surface area (Å²) in [7, 11) is 0. The summed E-state index contributed by atoms with van der Waals surface area (Å²) in [5, 5.41) is 4.28. The summed E-state index contributed by atoms with van der Waals surface area (Å²) < 4.78 is 6.47. The molecule has 7 heteroatoms. The number of aromatic nitrogens is 2. The molecule has 124 valence electrons. The number of thioether (sulfide) groups is 1. The van der Waals surface area contributed by atoms with Crippen molar-refractivity contribution in [3.8, 4) is 5.75 Å². The van der Waals surface area contributed by atoms with E-state index in [0.29, 0.717) is 17.3 Å². The van der Waals surface area contributed by atoms with Crippen LogP contribution in [0.15, 0.2) is 41.6 Å². The molecule has 0 aliphatic carbocycles. The lowest BCUT2D eigenvalue weighted by Gasteiger charge is -2.03. The summed E-state index contributed by atoms with van der Waals surface area (Å²) >= 11 is 3.04. The van der Waals surface area contributed by atoms with Crippen molar-refractivity contribution in [3.05, 3.63) is 42.1 Å². The molecule has 0 spiro atoms. The maximum Gasteiger partial charge on any atom is 0.257 e. The number of pyridine rings is 1. The SMILES string of the molecule is CCOc1ccc2nc(NC(=O)c3ccnc(SCC)c3)sc2c1. The van der Waals surface area contributed by atoms with E-state index in [-0.39, 0.29) is 5.91 Å². The minimum Gasteiger partial charge on any atom is -0.494 e. The number of amides is 1. The maximum absolute atomic E-state index is 12.4. The van der Waals surface area contributed by atoms with Crippen LogP contribution in [0, 0.1) is 0 Å². The van der Waals surface area contributed by atoms with Crippen molar-refractivity contribution in [1.82, 2.24) is 9.97 Å². The van der Waals surface area contributed by atoms with Crippen LogP contribution in [0.3, 0.4) is 0 Å². The highest BCUT2D eigenvalue weighted by Crippen LogP contribution is 2.29. The van der Waals surface area contributed by atoms with E-state index in [1.807, 2.05) is 25.1 Å². The Morgan fingerprint density at radius 1 is 1.29 bits per heavy atom. The van der Waals surface area contributed by atoms with Gasteiger partial charge in [0.05, 0.1) is 21.8 Å². The van der Waals surface area contributed by atoms with Crippen LogP contribution in [0.2, 0.25) is 0 Å². The summed E-state index contributed by atoms with van der Waals surface area (Å²) in [6.45, 7) is 4.62. The third kappa shape index (κ3) is 3.85. The van der Waals surface area contributed by atoms with E-state index >= 15 is 0 Å². The quantitative estimate of drug-likeness (QED) is 0.659. The normalized spacial score (nSPS) is 10.8. The molecule has 1 aromatic carbocycles. The number of anilines is 1. The fourth-order valence-corrected chi connectivity index (χ4v) is 3.69. The molecule has 2 aromatic heterocycles. The van der Waals surface area contributed by atoms with Gasteiger partial charge in [-0.3, -0.25) is 10.1 Å². The molecule has 0 radical (unpaired) electrons. The van der Waals surface area contributed by atoms with Gasteiger partial charge in [0.15, 0.2) is 5.13 Å². The number of thiazole rings is 1. The van der Waals surface area contributed by atoms with Crippen molar-refractivity contribution in [3.63, 3.8) is 0 Å². The van der Waals surface area contributed by atoms with Crippen molar-refractivity contribution < 1.29 is 9.53 Å². The topological polar surface area (TPSA) is 64.1 Å². The van der Waals surface area contributed by atoms with E-state index in [1.54, 1.807) is 30.1 Å². The largest absolute Gasteiger partial charge is 0.494 e. The number of benzene rings is 1. The highest BCUT2D eigenvalue weighted by molar-refractivity contribution is 7.99. The molecule has 1 amide bonds. The lowest BCUT2D eigenvalue weighted by atomic mass is 10.2. The van der Waals surface area contributed by atoms with Gasteiger partial charge in [-0.25, -0.2) is 9.97 Å². The van der Waals surface area contributed by atoms with Crippen molar-refractivity contribution in [2.75, 3.05) is 17.7 Å². The van der Waals surface area contributed by atoms with Crippen LogP contribution in [0.1, 0.15) is 24.2 Å². The van der Waals surface area contributed by atoms with Gasteiger partial charge < -0.3 is 4.74 Å². The number of fused-ring (bicyclic) bond motifs is 1. The van der Waals surface area contributed by atoms with Crippen LogP contribution >= 0.6 is 23.1 Å². The van der Waals surface area contributed by atoms with Gasteiger partial charge >= 0.3 is 0 Å². The monoisotopic (exact) mass is 359 g/mol. The number of ether oxygens (including phenoxy) is 1. The molecule has 0 unspecified atom stereocenters. The fourth-order valence-electron chi connectivity index (χ4n) is 2.16. The molecule has 0 aliphatic rings. The molecular weight excluding hydrogens is 342 g/mol. The molecule has 0 bridgehead atoms. The Bertz CT molecular complexity index is 864. The molecule has 0 fully saturated rings. The Balaban J connectivity index is 1.78. The van der Waals surface area contributed by atoms with Crippen molar-refractivity contribution in [2.24, 2.45) is 0 Å². The third-order valence-electron chi connectivity index (χ3n) is 3.18. The van der Waals surface area contributed by atoms with Crippen molar-refractivity contribution in [2.45, 2.75) is 18.9 Å². The van der Waals surface area contributed by atoms with Crippen molar-refractivity contribution >= 4 is 44.4 Å². The number of nitrogens with one attached hydrogen (secondary N) is 1. The van der Waals surface area contributed by atoms with E-state index < -0.39 is 0 Å². The number of carbonyl (C=O) groups is 1. The van der Waals surface area contributed by atoms with E-state index in [1.165, 1.54) is 11.3 Å². The van der Waals surface area contributed by atoms with Gasteiger partial charge in [0, 0.05) is 11.8 Å². The summed E-state index contributed by atoms with van der Waals surface area (Å²) in [5.74, 6) is 1.54. The van der Waals surface area contributed by atoms with Gasteiger partial charge in [-0.2, -0.15) is 0 Å². The zero-order chi connectivity index (χ0) is 16.9. The second-order valence-electron chi connectivity index (χ2n) is 4.85.